The van der Waals surface area contributed by atoms with Gasteiger partial charge < -0.3 is 15.7 Å². The molecular formula is C12H14BrClN2O3. The zero-order valence-electron chi connectivity index (χ0n) is 10.5. The fraction of sp³-hybridized carbons (Fsp3) is 0.333. The van der Waals surface area contributed by atoms with Crippen molar-refractivity contribution < 1.29 is 14.7 Å². The summed E-state index contributed by atoms with van der Waals surface area (Å²) in [6, 6.07) is 4.29. The third kappa shape index (κ3) is 4.11. The van der Waals surface area contributed by atoms with Crippen LogP contribution in [0.1, 0.15) is 20.3 Å². The zero-order chi connectivity index (χ0) is 14.6. The maximum atomic E-state index is 11.8. The van der Waals surface area contributed by atoms with Crippen molar-refractivity contribution in [1.82, 2.24) is 5.32 Å². The molecule has 19 heavy (non-hydrogen) atoms. The Hall–Kier alpha value is -1.27. The van der Waals surface area contributed by atoms with Gasteiger partial charge in [0.2, 0.25) is 0 Å². The lowest BCUT2D eigenvalue weighted by Gasteiger charge is -2.24. The molecular weight excluding hydrogens is 336 g/mol. The number of carboxylic acids is 1. The lowest BCUT2D eigenvalue weighted by molar-refractivity contribution is -0.143. The molecule has 1 aromatic carbocycles. The molecule has 1 unspecified atom stereocenters. The molecule has 104 valence electrons. The SMILES string of the molecule is CCC(C)(NC(=O)Nc1ccc(Cl)cc1Br)C(=O)O. The van der Waals surface area contributed by atoms with Crippen molar-refractivity contribution in [2.24, 2.45) is 0 Å². The normalized spacial score (nSPS) is 13.5. The van der Waals surface area contributed by atoms with Gasteiger partial charge in [-0.2, -0.15) is 0 Å². The number of carbonyl (C=O) groups is 2. The Kier molecular flexibility index (Phi) is 5.20. The number of hydrogen-bond acceptors (Lipinski definition) is 2. The molecule has 0 saturated carbocycles. The van der Waals surface area contributed by atoms with E-state index < -0.39 is 17.5 Å². The fourth-order valence-electron chi connectivity index (χ4n) is 1.29. The van der Waals surface area contributed by atoms with Gasteiger partial charge in [-0.3, -0.25) is 0 Å². The van der Waals surface area contributed by atoms with Crippen LogP contribution in [0.5, 0.6) is 0 Å². The highest BCUT2D eigenvalue weighted by molar-refractivity contribution is 9.10. The Labute approximate surface area is 124 Å². The highest BCUT2D eigenvalue weighted by atomic mass is 79.9. The largest absolute Gasteiger partial charge is 0.480 e. The third-order valence-corrected chi connectivity index (χ3v) is 3.64. The maximum Gasteiger partial charge on any atom is 0.329 e. The standard InChI is InChI=1S/C12H14BrClN2O3/c1-3-12(2,10(17)18)16-11(19)15-9-5-4-7(14)6-8(9)13/h4-6H,3H2,1-2H3,(H,17,18)(H2,15,16,19). The first-order valence-electron chi connectivity index (χ1n) is 5.56. The molecule has 7 heteroatoms. The summed E-state index contributed by atoms with van der Waals surface area (Å²) in [5.41, 5.74) is -0.797. The van der Waals surface area contributed by atoms with Gasteiger partial charge in [-0.15, -0.1) is 0 Å². The Morgan fingerprint density at radius 2 is 2.11 bits per heavy atom. The summed E-state index contributed by atoms with van der Waals surface area (Å²) in [5, 5.41) is 14.6. The van der Waals surface area contributed by atoms with Crippen molar-refractivity contribution in [1.29, 1.82) is 0 Å². The fourth-order valence-corrected chi connectivity index (χ4v) is 2.07. The second-order valence-corrected chi connectivity index (χ2v) is 5.48. The third-order valence-electron chi connectivity index (χ3n) is 2.75. The molecule has 3 N–H and O–H groups in total. The number of anilines is 1. The summed E-state index contributed by atoms with van der Waals surface area (Å²) in [4.78, 5) is 22.9. The number of urea groups is 1. The van der Waals surface area contributed by atoms with Gasteiger partial charge in [0.15, 0.2) is 0 Å². The van der Waals surface area contributed by atoms with E-state index in [9.17, 15) is 9.59 Å². The second kappa shape index (κ2) is 6.25. The van der Waals surface area contributed by atoms with Crippen LogP contribution in [-0.4, -0.2) is 22.6 Å². The summed E-state index contributed by atoms with van der Waals surface area (Å²) in [5.74, 6) is -1.08. The van der Waals surface area contributed by atoms with Crippen LogP contribution >= 0.6 is 27.5 Å². The second-order valence-electron chi connectivity index (χ2n) is 4.19. The Morgan fingerprint density at radius 1 is 1.47 bits per heavy atom. The summed E-state index contributed by atoms with van der Waals surface area (Å²) >= 11 is 9.05. The van der Waals surface area contributed by atoms with Gasteiger partial charge in [0, 0.05) is 9.50 Å². The topological polar surface area (TPSA) is 78.4 Å². The van der Waals surface area contributed by atoms with Crippen LogP contribution in [0.25, 0.3) is 0 Å². The molecule has 5 nitrogen and oxygen atoms in total. The molecule has 1 rings (SSSR count). The van der Waals surface area contributed by atoms with E-state index in [1.54, 1.807) is 25.1 Å². The lowest BCUT2D eigenvalue weighted by Crippen LogP contribution is -2.53. The lowest BCUT2D eigenvalue weighted by atomic mass is 10.00. The summed E-state index contributed by atoms with van der Waals surface area (Å²) in [6.07, 6.45) is 0.275. The smallest absolute Gasteiger partial charge is 0.329 e. The van der Waals surface area contributed by atoms with E-state index in [1.165, 1.54) is 6.92 Å². The minimum atomic E-state index is -1.30. The predicted molar refractivity (Wildman–Crippen MR) is 77.6 cm³/mol. The molecule has 0 spiro atoms. The molecule has 0 aliphatic rings. The molecule has 0 radical (unpaired) electrons. The maximum absolute atomic E-state index is 11.8. The monoisotopic (exact) mass is 348 g/mol. The molecule has 0 heterocycles. The van der Waals surface area contributed by atoms with E-state index in [0.717, 1.165) is 0 Å². The van der Waals surface area contributed by atoms with Crippen molar-refractivity contribution in [2.75, 3.05) is 5.32 Å². The molecule has 0 aliphatic carbocycles. The highest BCUT2D eigenvalue weighted by Gasteiger charge is 2.32. The van der Waals surface area contributed by atoms with Gasteiger partial charge in [-0.25, -0.2) is 9.59 Å². The molecule has 0 aliphatic heterocycles. The Bertz CT molecular complexity index is 510. The molecule has 0 fully saturated rings. The summed E-state index contributed by atoms with van der Waals surface area (Å²) in [7, 11) is 0. The Balaban J connectivity index is 2.78. The van der Waals surface area contributed by atoms with E-state index in [4.69, 9.17) is 16.7 Å². The van der Waals surface area contributed by atoms with Gasteiger partial charge in [-0.05, 0) is 47.5 Å². The summed E-state index contributed by atoms with van der Waals surface area (Å²) in [6.45, 7) is 3.14. The number of rotatable bonds is 4. The van der Waals surface area contributed by atoms with E-state index in [1.807, 2.05) is 0 Å². The van der Waals surface area contributed by atoms with Crippen molar-refractivity contribution in [2.45, 2.75) is 25.8 Å². The number of carbonyl (C=O) groups excluding carboxylic acids is 1. The van der Waals surface area contributed by atoms with Crippen molar-refractivity contribution in [3.05, 3.63) is 27.7 Å². The van der Waals surface area contributed by atoms with Crippen molar-refractivity contribution in [3.63, 3.8) is 0 Å². The number of carboxylic acid groups (broad SMARTS) is 1. The predicted octanol–water partition coefficient (Wildman–Crippen LogP) is 3.48. The number of halogens is 2. The quantitative estimate of drug-likeness (QED) is 0.778. The minimum Gasteiger partial charge on any atom is -0.480 e. The Morgan fingerprint density at radius 3 is 2.58 bits per heavy atom. The first-order chi connectivity index (χ1) is 8.78. The van der Waals surface area contributed by atoms with Crippen LogP contribution in [0, 0.1) is 0 Å². The van der Waals surface area contributed by atoms with Gasteiger partial charge in [0.25, 0.3) is 0 Å². The zero-order valence-corrected chi connectivity index (χ0v) is 12.8. The molecule has 0 aromatic heterocycles. The molecule has 0 bridgehead atoms. The van der Waals surface area contributed by atoms with Gasteiger partial charge in [0.05, 0.1) is 5.69 Å². The van der Waals surface area contributed by atoms with Crippen LogP contribution in [0.4, 0.5) is 10.5 Å². The number of nitrogens with one attached hydrogen (secondary N) is 2. The highest BCUT2D eigenvalue weighted by Crippen LogP contribution is 2.25. The van der Waals surface area contributed by atoms with Gasteiger partial charge in [-0.1, -0.05) is 18.5 Å². The van der Waals surface area contributed by atoms with Crippen LogP contribution in [0.3, 0.4) is 0 Å². The minimum absolute atomic E-state index is 0.275. The average molecular weight is 350 g/mol. The van der Waals surface area contributed by atoms with E-state index in [0.29, 0.717) is 15.2 Å². The number of hydrogen-bond donors (Lipinski definition) is 3. The van der Waals surface area contributed by atoms with Crippen molar-refractivity contribution >= 4 is 45.2 Å². The molecule has 1 aromatic rings. The van der Waals surface area contributed by atoms with Gasteiger partial charge in [0.1, 0.15) is 5.54 Å². The molecule has 2 amide bonds. The van der Waals surface area contributed by atoms with Gasteiger partial charge >= 0.3 is 12.0 Å². The van der Waals surface area contributed by atoms with Crippen molar-refractivity contribution in [3.8, 4) is 0 Å². The number of amides is 2. The van der Waals surface area contributed by atoms with E-state index >= 15 is 0 Å². The first-order valence-corrected chi connectivity index (χ1v) is 6.73. The van der Waals surface area contributed by atoms with Crippen LogP contribution in [0.2, 0.25) is 5.02 Å². The van der Waals surface area contributed by atoms with Crippen LogP contribution in [0.15, 0.2) is 22.7 Å². The molecule has 0 saturated heterocycles. The number of aliphatic carboxylic acids is 1. The van der Waals surface area contributed by atoms with E-state index in [-0.39, 0.29) is 6.42 Å². The average Bonchev–Trinajstić information content (AvgIpc) is 2.32. The first kappa shape index (κ1) is 15.8. The summed E-state index contributed by atoms with van der Waals surface area (Å²) < 4.78 is 0.615. The number of benzene rings is 1. The van der Waals surface area contributed by atoms with Crippen LogP contribution in [-0.2, 0) is 4.79 Å². The van der Waals surface area contributed by atoms with E-state index in [2.05, 4.69) is 26.6 Å². The van der Waals surface area contributed by atoms with Crippen LogP contribution < -0.4 is 10.6 Å². The molecule has 1 atom stereocenters.